The van der Waals surface area contributed by atoms with Crippen LogP contribution in [-0.2, 0) is 19.1 Å². The summed E-state index contributed by atoms with van der Waals surface area (Å²) >= 11 is 0. The number of esters is 1. The Hall–Kier alpha value is -2.57. The van der Waals surface area contributed by atoms with Gasteiger partial charge in [0.1, 0.15) is 5.75 Å². The van der Waals surface area contributed by atoms with E-state index >= 15 is 0 Å². The number of benzene rings is 1. The molecule has 2 atom stereocenters. The van der Waals surface area contributed by atoms with Crippen LogP contribution in [0.25, 0.3) is 0 Å². The standard InChI is InChI=1S/C18H22N2O5/c1-11(17(22)19-12-6-2-3-7-12)24-16(21)10-15-18(23)20-13-8-4-5-9-14(13)25-15/h4-5,8-9,11-12,15H,2-3,6-7,10H2,1H3,(H,19,22)(H,20,23)/t11-,15+/m0/s1. The van der Waals surface area contributed by atoms with Crippen LogP contribution >= 0.6 is 0 Å². The van der Waals surface area contributed by atoms with Gasteiger partial charge in [0.05, 0.1) is 12.1 Å². The van der Waals surface area contributed by atoms with Crippen molar-refractivity contribution in [2.45, 2.75) is 57.3 Å². The fourth-order valence-electron chi connectivity index (χ4n) is 3.07. The first-order chi connectivity index (χ1) is 12.0. The van der Waals surface area contributed by atoms with Crippen LogP contribution in [0.4, 0.5) is 5.69 Å². The van der Waals surface area contributed by atoms with E-state index in [2.05, 4.69) is 10.6 Å². The zero-order valence-corrected chi connectivity index (χ0v) is 14.1. The maximum Gasteiger partial charge on any atom is 0.310 e. The molecule has 1 aliphatic carbocycles. The molecule has 1 saturated carbocycles. The van der Waals surface area contributed by atoms with Crippen molar-refractivity contribution in [3.05, 3.63) is 24.3 Å². The second kappa shape index (κ2) is 7.55. The van der Waals surface area contributed by atoms with Gasteiger partial charge in [0.2, 0.25) is 0 Å². The van der Waals surface area contributed by atoms with Crippen LogP contribution < -0.4 is 15.4 Å². The Morgan fingerprint density at radius 3 is 2.80 bits per heavy atom. The lowest BCUT2D eigenvalue weighted by atomic mass is 10.1. The summed E-state index contributed by atoms with van der Waals surface area (Å²) in [6, 6.07) is 7.16. The second-order valence-electron chi connectivity index (χ2n) is 6.42. The minimum Gasteiger partial charge on any atom is -0.478 e. The third-order valence-corrected chi connectivity index (χ3v) is 4.44. The number of nitrogens with one attached hydrogen (secondary N) is 2. The molecule has 0 saturated heterocycles. The fraction of sp³-hybridized carbons (Fsp3) is 0.500. The zero-order chi connectivity index (χ0) is 17.8. The normalized spacial score (nSPS) is 20.8. The molecular formula is C18H22N2O5. The van der Waals surface area contributed by atoms with Crippen LogP contribution in [-0.4, -0.2) is 36.0 Å². The predicted octanol–water partition coefficient (Wildman–Crippen LogP) is 1.77. The van der Waals surface area contributed by atoms with E-state index < -0.39 is 24.1 Å². The molecular weight excluding hydrogens is 324 g/mol. The lowest BCUT2D eigenvalue weighted by Crippen LogP contribution is -2.42. The van der Waals surface area contributed by atoms with Crippen LogP contribution in [0.15, 0.2) is 24.3 Å². The molecule has 0 radical (unpaired) electrons. The molecule has 1 aromatic carbocycles. The molecule has 1 fully saturated rings. The van der Waals surface area contributed by atoms with Crippen molar-refractivity contribution < 1.29 is 23.9 Å². The number of amides is 2. The van der Waals surface area contributed by atoms with Crippen molar-refractivity contribution in [1.29, 1.82) is 0 Å². The molecule has 0 spiro atoms. The molecule has 0 unspecified atom stereocenters. The van der Waals surface area contributed by atoms with Crippen molar-refractivity contribution >= 4 is 23.5 Å². The average molecular weight is 346 g/mol. The van der Waals surface area contributed by atoms with Gasteiger partial charge >= 0.3 is 5.97 Å². The van der Waals surface area contributed by atoms with Crippen LogP contribution in [0, 0.1) is 0 Å². The predicted molar refractivity (Wildman–Crippen MR) is 90.1 cm³/mol. The minimum absolute atomic E-state index is 0.164. The first-order valence-electron chi connectivity index (χ1n) is 8.59. The fourth-order valence-corrected chi connectivity index (χ4v) is 3.07. The number of anilines is 1. The summed E-state index contributed by atoms with van der Waals surface area (Å²) in [5.74, 6) is -0.848. The Balaban J connectivity index is 1.50. The van der Waals surface area contributed by atoms with E-state index in [1.54, 1.807) is 24.3 Å². The first-order valence-corrected chi connectivity index (χ1v) is 8.59. The summed E-state index contributed by atoms with van der Waals surface area (Å²) in [6.07, 6.45) is 2.02. The van der Waals surface area contributed by atoms with E-state index in [0.29, 0.717) is 11.4 Å². The molecule has 0 bridgehead atoms. The van der Waals surface area contributed by atoms with Crippen molar-refractivity contribution in [3.63, 3.8) is 0 Å². The Morgan fingerprint density at radius 2 is 2.04 bits per heavy atom. The maximum atomic E-state index is 12.1. The molecule has 3 rings (SSSR count). The molecule has 25 heavy (non-hydrogen) atoms. The lowest BCUT2D eigenvalue weighted by Gasteiger charge is -2.25. The summed E-state index contributed by atoms with van der Waals surface area (Å²) in [7, 11) is 0. The number of carbonyl (C=O) groups excluding carboxylic acids is 3. The van der Waals surface area contributed by atoms with E-state index in [1.807, 2.05) is 0 Å². The summed E-state index contributed by atoms with van der Waals surface area (Å²) in [4.78, 5) is 36.1. The molecule has 7 nitrogen and oxygen atoms in total. The molecule has 2 N–H and O–H groups in total. The van der Waals surface area contributed by atoms with Crippen molar-refractivity contribution in [2.75, 3.05) is 5.32 Å². The molecule has 1 aliphatic heterocycles. The monoisotopic (exact) mass is 346 g/mol. The highest BCUT2D eigenvalue weighted by Gasteiger charge is 2.31. The summed E-state index contributed by atoms with van der Waals surface area (Å²) < 4.78 is 10.7. The number of carbonyl (C=O) groups is 3. The minimum atomic E-state index is -0.965. The topological polar surface area (TPSA) is 93.7 Å². The largest absolute Gasteiger partial charge is 0.478 e. The number of fused-ring (bicyclic) bond motifs is 1. The number of ether oxygens (including phenoxy) is 2. The van der Waals surface area contributed by atoms with E-state index in [4.69, 9.17) is 9.47 Å². The highest BCUT2D eigenvalue weighted by molar-refractivity contribution is 5.99. The van der Waals surface area contributed by atoms with Crippen LogP contribution in [0.2, 0.25) is 0 Å². The van der Waals surface area contributed by atoms with Gasteiger partial charge in [-0.3, -0.25) is 14.4 Å². The van der Waals surface area contributed by atoms with Crippen LogP contribution in [0.5, 0.6) is 5.75 Å². The molecule has 2 amide bonds. The van der Waals surface area contributed by atoms with Crippen LogP contribution in [0.3, 0.4) is 0 Å². The average Bonchev–Trinajstić information content (AvgIpc) is 3.08. The van der Waals surface area contributed by atoms with Gasteiger partial charge in [-0.25, -0.2) is 0 Å². The molecule has 1 heterocycles. The molecule has 2 aliphatic rings. The number of hydrogen-bond donors (Lipinski definition) is 2. The van der Waals surface area contributed by atoms with Gasteiger partial charge in [-0.15, -0.1) is 0 Å². The zero-order valence-electron chi connectivity index (χ0n) is 14.1. The smallest absolute Gasteiger partial charge is 0.310 e. The molecule has 1 aromatic rings. The summed E-state index contributed by atoms with van der Waals surface area (Å²) in [5.41, 5.74) is 0.571. The van der Waals surface area contributed by atoms with Gasteiger partial charge in [0, 0.05) is 6.04 Å². The van der Waals surface area contributed by atoms with Crippen LogP contribution in [0.1, 0.15) is 39.0 Å². The van der Waals surface area contributed by atoms with Gasteiger partial charge in [-0.2, -0.15) is 0 Å². The van der Waals surface area contributed by atoms with Gasteiger partial charge in [-0.1, -0.05) is 25.0 Å². The maximum absolute atomic E-state index is 12.1. The summed E-state index contributed by atoms with van der Waals surface area (Å²) in [6.45, 7) is 1.53. The van der Waals surface area contributed by atoms with E-state index in [1.165, 1.54) is 6.92 Å². The quantitative estimate of drug-likeness (QED) is 0.793. The van der Waals surface area contributed by atoms with Gasteiger partial charge in [0.25, 0.3) is 11.8 Å². The third-order valence-electron chi connectivity index (χ3n) is 4.44. The Morgan fingerprint density at radius 1 is 1.32 bits per heavy atom. The molecule has 0 aromatic heterocycles. The number of para-hydroxylation sites is 2. The second-order valence-corrected chi connectivity index (χ2v) is 6.42. The van der Waals surface area contributed by atoms with E-state index in [-0.39, 0.29) is 18.4 Å². The highest BCUT2D eigenvalue weighted by atomic mass is 16.6. The SMILES string of the molecule is C[C@H](OC(=O)C[C@H]1Oc2ccccc2NC1=O)C(=O)NC1CCCC1. The van der Waals surface area contributed by atoms with Crippen molar-refractivity contribution in [1.82, 2.24) is 5.32 Å². The number of hydrogen-bond acceptors (Lipinski definition) is 5. The van der Waals surface area contributed by atoms with E-state index in [0.717, 1.165) is 25.7 Å². The third kappa shape index (κ3) is 4.29. The van der Waals surface area contributed by atoms with Crippen molar-refractivity contribution in [3.8, 4) is 5.75 Å². The van der Waals surface area contributed by atoms with Crippen molar-refractivity contribution in [2.24, 2.45) is 0 Å². The Bertz CT molecular complexity index is 669. The lowest BCUT2D eigenvalue weighted by molar-refractivity contribution is -0.157. The summed E-state index contributed by atoms with van der Waals surface area (Å²) in [5, 5.41) is 5.57. The highest BCUT2D eigenvalue weighted by Crippen LogP contribution is 2.29. The first kappa shape index (κ1) is 17.3. The van der Waals surface area contributed by atoms with Gasteiger partial charge < -0.3 is 20.1 Å². The Kier molecular flexibility index (Phi) is 5.21. The Labute approximate surface area is 146 Å². The number of rotatable bonds is 5. The molecule has 134 valence electrons. The van der Waals surface area contributed by atoms with E-state index in [9.17, 15) is 14.4 Å². The van der Waals surface area contributed by atoms with Gasteiger partial charge in [-0.05, 0) is 31.9 Å². The molecule has 7 heteroatoms. The van der Waals surface area contributed by atoms with Gasteiger partial charge in [0.15, 0.2) is 12.2 Å².